The zero-order chi connectivity index (χ0) is 20.3. The second kappa shape index (κ2) is 8.22. The van der Waals surface area contributed by atoms with Crippen LogP contribution in [-0.2, 0) is 9.59 Å². The van der Waals surface area contributed by atoms with E-state index in [1.807, 2.05) is 12.1 Å². The summed E-state index contributed by atoms with van der Waals surface area (Å²) in [5, 5.41) is 15.1. The van der Waals surface area contributed by atoms with Gasteiger partial charge in [0, 0.05) is 30.6 Å². The number of anilines is 1. The van der Waals surface area contributed by atoms with Crippen molar-refractivity contribution in [3.63, 3.8) is 0 Å². The molecule has 7 nitrogen and oxygen atoms in total. The number of carboxylic acid groups (broad SMARTS) is 1. The van der Waals surface area contributed by atoms with Gasteiger partial charge >= 0.3 is 5.97 Å². The summed E-state index contributed by atoms with van der Waals surface area (Å²) < 4.78 is 0. The van der Waals surface area contributed by atoms with Crippen LogP contribution in [0.15, 0.2) is 53.6 Å². The maximum absolute atomic E-state index is 12.6. The number of likely N-dealkylation sites (N-methyl/N-ethyl adjacent to an activating group) is 1. The van der Waals surface area contributed by atoms with Crippen LogP contribution < -0.4 is 4.90 Å². The van der Waals surface area contributed by atoms with E-state index in [4.69, 9.17) is 16.7 Å². The van der Waals surface area contributed by atoms with E-state index >= 15 is 0 Å². The number of amides is 2. The van der Waals surface area contributed by atoms with Crippen LogP contribution in [0.1, 0.15) is 28.8 Å². The molecule has 1 aliphatic heterocycles. The number of hydrogen-bond donors (Lipinski definition) is 1. The molecule has 0 aliphatic carbocycles. The molecule has 0 bridgehead atoms. The zero-order valence-corrected chi connectivity index (χ0v) is 15.9. The van der Waals surface area contributed by atoms with E-state index in [9.17, 15) is 14.4 Å². The van der Waals surface area contributed by atoms with Crippen LogP contribution in [-0.4, -0.2) is 47.2 Å². The second-order valence-corrected chi connectivity index (χ2v) is 6.75. The third-order valence-electron chi connectivity index (χ3n) is 4.44. The maximum atomic E-state index is 12.6. The Kier molecular flexibility index (Phi) is 5.75. The Morgan fingerprint density at radius 2 is 1.75 bits per heavy atom. The molecule has 0 saturated heterocycles. The number of carboxylic acids is 1. The molecule has 0 unspecified atom stereocenters. The van der Waals surface area contributed by atoms with E-state index in [1.165, 1.54) is 22.0 Å². The minimum Gasteiger partial charge on any atom is -0.478 e. The average molecular weight is 400 g/mol. The molecule has 2 aromatic carbocycles. The highest BCUT2D eigenvalue weighted by molar-refractivity contribution is 6.30. The Morgan fingerprint density at radius 1 is 1.11 bits per heavy atom. The van der Waals surface area contributed by atoms with E-state index < -0.39 is 5.97 Å². The number of carbonyl (C=O) groups is 3. The minimum atomic E-state index is -1.04. The molecular formula is C20H18ClN3O4. The lowest BCUT2D eigenvalue weighted by Crippen LogP contribution is -2.41. The van der Waals surface area contributed by atoms with E-state index in [0.717, 1.165) is 11.3 Å². The number of hydrazone groups is 1. The number of carbonyl (C=O) groups excluding carboxylic acids is 2. The Hall–Kier alpha value is -3.19. The van der Waals surface area contributed by atoms with E-state index in [1.54, 1.807) is 31.3 Å². The maximum Gasteiger partial charge on any atom is 0.335 e. The summed E-state index contributed by atoms with van der Waals surface area (Å²) in [6.07, 6.45) is 0.767. The van der Waals surface area contributed by atoms with Gasteiger partial charge in [0.1, 0.15) is 6.54 Å². The van der Waals surface area contributed by atoms with E-state index in [-0.39, 0.29) is 30.3 Å². The molecule has 0 atom stereocenters. The lowest BCUT2D eigenvalue weighted by Gasteiger charge is -2.25. The topological polar surface area (TPSA) is 90.3 Å². The smallest absolute Gasteiger partial charge is 0.335 e. The minimum absolute atomic E-state index is 0.132. The van der Waals surface area contributed by atoms with Crippen LogP contribution in [0, 0.1) is 0 Å². The third kappa shape index (κ3) is 4.37. The molecular weight excluding hydrogens is 382 g/mol. The van der Waals surface area contributed by atoms with Crippen molar-refractivity contribution in [2.75, 3.05) is 18.5 Å². The van der Waals surface area contributed by atoms with E-state index in [0.29, 0.717) is 17.1 Å². The summed E-state index contributed by atoms with van der Waals surface area (Å²) in [5.74, 6) is -1.60. The van der Waals surface area contributed by atoms with Gasteiger partial charge < -0.3 is 10.0 Å². The standard InChI is InChI=1S/C20H18ClN3O4/c1-23(16-8-4-14(5-9-16)20(27)28)19(26)12-24-18(25)11-10-17(22-24)13-2-6-15(21)7-3-13/h2-9H,10-12H2,1H3,(H,27,28). The highest BCUT2D eigenvalue weighted by Gasteiger charge is 2.25. The summed E-state index contributed by atoms with van der Waals surface area (Å²) >= 11 is 5.90. The molecule has 28 heavy (non-hydrogen) atoms. The quantitative estimate of drug-likeness (QED) is 0.836. The summed E-state index contributed by atoms with van der Waals surface area (Å²) in [6, 6.07) is 13.1. The van der Waals surface area contributed by atoms with Crippen LogP contribution in [0.3, 0.4) is 0 Å². The molecule has 0 saturated carbocycles. The van der Waals surface area contributed by atoms with Gasteiger partial charge in [0.05, 0.1) is 11.3 Å². The van der Waals surface area contributed by atoms with Crippen molar-refractivity contribution >= 4 is 40.8 Å². The second-order valence-electron chi connectivity index (χ2n) is 6.31. The van der Waals surface area contributed by atoms with Crippen molar-refractivity contribution in [3.05, 3.63) is 64.7 Å². The fourth-order valence-electron chi connectivity index (χ4n) is 2.78. The molecule has 0 aromatic heterocycles. The molecule has 3 rings (SSSR count). The molecule has 8 heteroatoms. The molecule has 1 N–H and O–H groups in total. The van der Waals surface area contributed by atoms with E-state index in [2.05, 4.69) is 5.10 Å². The molecule has 0 radical (unpaired) electrons. The van der Waals surface area contributed by atoms with Gasteiger partial charge in [0.2, 0.25) is 11.8 Å². The fraction of sp³-hybridized carbons (Fsp3) is 0.200. The van der Waals surface area contributed by atoms with Gasteiger partial charge in [-0.15, -0.1) is 0 Å². The van der Waals surface area contributed by atoms with Gasteiger partial charge in [0.15, 0.2) is 0 Å². The Balaban J connectivity index is 1.73. The molecule has 1 heterocycles. The van der Waals surface area contributed by atoms with Crippen LogP contribution >= 0.6 is 11.6 Å². The fourth-order valence-corrected chi connectivity index (χ4v) is 2.91. The first-order valence-corrected chi connectivity index (χ1v) is 8.96. The Morgan fingerprint density at radius 3 is 2.36 bits per heavy atom. The SMILES string of the molecule is CN(C(=O)CN1N=C(c2ccc(Cl)cc2)CCC1=O)c1ccc(C(=O)O)cc1. The first-order chi connectivity index (χ1) is 13.3. The summed E-state index contributed by atoms with van der Waals surface area (Å²) in [5.41, 5.74) is 2.24. The van der Waals surface area contributed by atoms with Gasteiger partial charge in [-0.1, -0.05) is 23.7 Å². The number of nitrogens with zero attached hydrogens (tertiary/aromatic N) is 3. The van der Waals surface area contributed by atoms with Gasteiger partial charge in [-0.3, -0.25) is 9.59 Å². The predicted octanol–water partition coefficient (Wildman–Crippen LogP) is 3.03. The van der Waals surface area contributed by atoms with Crippen molar-refractivity contribution in [2.24, 2.45) is 5.10 Å². The Bertz CT molecular complexity index is 939. The predicted molar refractivity (Wildman–Crippen MR) is 106 cm³/mol. The normalized spacial score (nSPS) is 13.9. The van der Waals surface area contributed by atoms with Gasteiger partial charge in [-0.25, -0.2) is 9.80 Å². The number of rotatable bonds is 5. The Labute approximate surface area is 166 Å². The largest absolute Gasteiger partial charge is 0.478 e. The van der Waals surface area contributed by atoms with Crippen LogP contribution in [0.4, 0.5) is 5.69 Å². The molecule has 2 amide bonds. The molecule has 0 fully saturated rings. The lowest BCUT2D eigenvalue weighted by atomic mass is 10.0. The molecule has 1 aliphatic rings. The summed E-state index contributed by atoms with van der Waals surface area (Å²) in [4.78, 5) is 37.1. The van der Waals surface area contributed by atoms with Crippen LogP contribution in [0.25, 0.3) is 0 Å². The number of halogens is 1. The highest BCUT2D eigenvalue weighted by atomic mass is 35.5. The molecule has 2 aromatic rings. The van der Waals surface area contributed by atoms with Crippen molar-refractivity contribution < 1.29 is 19.5 Å². The van der Waals surface area contributed by atoms with Gasteiger partial charge in [-0.2, -0.15) is 5.10 Å². The van der Waals surface area contributed by atoms with Crippen molar-refractivity contribution in [1.29, 1.82) is 0 Å². The van der Waals surface area contributed by atoms with Gasteiger partial charge in [0.25, 0.3) is 0 Å². The molecule has 144 valence electrons. The van der Waals surface area contributed by atoms with Crippen LogP contribution in [0.2, 0.25) is 5.02 Å². The zero-order valence-electron chi connectivity index (χ0n) is 15.1. The summed E-state index contributed by atoms with van der Waals surface area (Å²) in [7, 11) is 1.57. The van der Waals surface area contributed by atoms with Crippen molar-refractivity contribution in [3.8, 4) is 0 Å². The van der Waals surface area contributed by atoms with Gasteiger partial charge in [-0.05, 0) is 42.0 Å². The van der Waals surface area contributed by atoms with Crippen LogP contribution in [0.5, 0.6) is 0 Å². The molecule has 0 spiro atoms. The monoisotopic (exact) mass is 399 g/mol. The van der Waals surface area contributed by atoms with Crippen molar-refractivity contribution in [1.82, 2.24) is 5.01 Å². The average Bonchev–Trinajstić information content (AvgIpc) is 2.69. The van der Waals surface area contributed by atoms with Crippen molar-refractivity contribution in [2.45, 2.75) is 12.8 Å². The first kappa shape index (κ1) is 19.6. The number of benzene rings is 2. The number of hydrogen-bond acceptors (Lipinski definition) is 4. The number of aromatic carboxylic acids is 1. The highest BCUT2D eigenvalue weighted by Crippen LogP contribution is 2.19. The first-order valence-electron chi connectivity index (χ1n) is 8.59. The third-order valence-corrected chi connectivity index (χ3v) is 4.70. The summed E-state index contributed by atoms with van der Waals surface area (Å²) in [6.45, 7) is -0.201. The lowest BCUT2D eigenvalue weighted by molar-refractivity contribution is -0.135.